The smallest absolute Gasteiger partial charge is 0.134 e. The molecule has 0 aliphatic carbocycles. The van der Waals surface area contributed by atoms with Crippen molar-refractivity contribution in [1.82, 2.24) is 0 Å². The van der Waals surface area contributed by atoms with E-state index in [4.69, 9.17) is 20.8 Å². The van der Waals surface area contributed by atoms with Crippen LogP contribution in [0.3, 0.4) is 0 Å². The second-order valence-electron chi connectivity index (χ2n) is 4.79. The molecule has 0 atom stereocenters. The number of hydrogen-bond acceptors (Lipinski definition) is 2. The van der Waals surface area contributed by atoms with Crippen LogP contribution in [0.5, 0.6) is 0 Å². The molecule has 0 fully saturated rings. The molecule has 3 aromatic rings. The van der Waals surface area contributed by atoms with Crippen molar-refractivity contribution in [3.63, 3.8) is 0 Å². The Morgan fingerprint density at radius 1 is 1.00 bits per heavy atom. The number of hydrogen-bond donors (Lipinski definition) is 0. The van der Waals surface area contributed by atoms with E-state index in [1.165, 1.54) is 0 Å². The lowest BCUT2D eigenvalue weighted by Crippen LogP contribution is -1.86. The summed E-state index contributed by atoms with van der Waals surface area (Å²) in [4.78, 5) is 0. The number of rotatable bonds is 4. The molecule has 3 heteroatoms. The van der Waals surface area contributed by atoms with Crippen molar-refractivity contribution in [1.29, 1.82) is 0 Å². The molecule has 1 heterocycles. The van der Waals surface area contributed by atoms with Crippen LogP contribution in [0.4, 0.5) is 0 Å². The molecule has 0 bridgehead atoms. The first-order valence-corrected chi connectivity index (χ1v) is 7.31. The van der Waals surface area contributed by atoms with Crippen LogP contribution in [0.15, 0.2) is 71.1 Å². The Morgan fingerprint density at radius 2 is 1.82 bits per heavy atom. The van der Waals surface area contributed by atoms with Gasteiger partial charge in [0.1, 0.15) is 17.3 Å². The fourth-order valence-electron chi connectivity index (χ4n) is 2.22. The van der Waals surface area contributed by atoms with Crippen molar-refractivity contribution in [2.75, 3.05) is 7.11 Å². The topological polar surface area (TPSA) is 22.4 Å². The Hall–Kier alpha value is -2.45. The summed E-state index contributed by atoms with van der Waals surface area (Å²) in [6.45, 7) is 0. The highest BCUT2D eigenvalue weighted by atomic mass is 35.5. The summed E-state index contributed by atoms with van der Waals surface area (Å²) in [6, 6.07) is 21.3. The number of furan rings is 1. The largest absolute Gasteiger partial charge is 0.496 e. The van der Waals surface area contributed by atoms with Gasteiger partial charge in [0, 0.05) is 22.2 Å². The summed E-state index contributed by atoms with van der Waals surface area (Å²) in [5.74, 6) is 2.26. The van der Waals surface area contributed by atoms with E-state index < -0.39 is 0 Å². The molecule has 2 nitrogen and oxygen atoms in total. The van der Waals surface area contributed by atoms with Crippen molar-refractivity contribution in [3.05, 3.63) is 83.1 Å². The first-order valence-electron chi connectivity index (χ1n) is 6.93. The van der Waals surface area contributed by atoms with Crippen LogP contribution in [0.25, 0.3) is 23.2 Å². The molecule has 0 spiro atoms. The van der Waals surface area contributed by atoms with Gasteiger partial charge in [0.15, 0.2) is 0 Å². The zero-order valence-electron chi connectivity index (χ0n) is 12.1. The Morgan fingerprint density at radius 3 is 2.55 bits per heavy atom. The fraction of sp³-hybridized carbons (Fsp3) is 0.0526. The van der Waals surface area contributed by atoms with Crippen LogP contribution in [0.1, 0.15) is 11.3 Å². The highest BCUT2D eigenvalue weighted by Crippen LogP contribution is 2.27. The normalized spacial score (nSPS) is 11.5. The molecule has 1 aromatic heterocycles. The van der Waals surface area contributed by atoms with Gasteiger partial charge in [-0.15, -0.1) is 0 Å². The first kappa shape index (κ1) is 14.5. The molecule has 3 rings (SSSR count). The van der Waals surface area contributed by atoms with E-state index in [9.17, 15) is 0 Å². The third-order valence-electron chi connectivity index (χ3n) is 3.29. The fourth-order valence-corrected chi connectivity index (χ4v) is 2.41. The standard InChI is InChI=1S/C19H15ClO2/c1-21-19(14-6-3-2-4-7-14)13-17-10-11-18(22-17)15-8-5-9-16(20)12-15/h2-13H,1H3/b19-13-. The van der Waals surface area contributed by atoms with Gasteiger partial charge in [-0.1, -0.05) is 54.1 Å². The predicted octanol–water partition coefficient (Wildman–Crippen LogP) is 5.74. The zero-order valence-corrected chi connectivity index (χ0v) is 12.9. The summed E-state index contributed by atoms with van der Waals surface area (Å²) in [7, 11) is 1.65. The van der Waals surface area contributed by atoms with Crippen LogP contribution in [0, 0.1) is 0 Å². The van der Waals surface area contributed by atoms with Crippen molar-refractivity contribution >= 4 is 23.4 Å². The van der Waals surface area contributed by atoms with E-state index in [2.05, 4.69) is 0 Å². The van der Waals surface area contributed by atoms with Crippen molar-refractivity contribution in [3.8, 4) is 11.3 Å². The van der Waals surface area contributed by atoms with Gasteiger partial charge in [-0.2, -0.15) is 0 Å². The van der Waals surface area contributed by atoms with Crippen LogP contribution in [-0.2, 0) is 4.74 Å². The molecule has 0 radical (unpaired) electrons. The Kier molecular flexibility index (Phi) is 4.31. The summed E-state index contributed by atoms with van der Waals surface area (Å²) in [5.41, 5.74) is 1.96. The second kappa shape index (κ2) is 6.54. The molecule has 0 N–H and O–H groups in total. The monoisotopic (exact) mass is 310 g/mol. The molecule has 0 aliphatic heterocycles. The molecule has 0 amide bonds. The zero-order chi connectivity index (χ0) is 15.4. The maximum atomic E-state index is 6.01. The Labute approximate surface area is 134 Å². The van der Waals surface area contributed by atoms with Gasteiger partial charge in [-0.25, -0.2) is 0 Å². The van der Waals surface area contributed by atoms with Gasteiger partial charge in [-0.3, -0.25) is 0 Å². The highest BCUT2D eigenvalue weighted by Gasteiger charge is 2.06. The average Bonchev–Trinajstić information content (AvgIpc) is 3.02. The molecular formula is C19H15ClO2. The van der Waals surface area contributed by atoms with E-state index in [-0.39, 0.29) is 0 Å². The van der Waals surface area contributed by atoms with Gasteiger partial charge >= 0.3 is 0 Å². The summed E-state index contributed by atoms with van der Waals surface area (Å²) >= 11 is 6.01. The number of benzene rings is 2. The van der Waals surface area contributed by atoms with Crippen LogP contribution in [-0.4, -0.2) is 7.11 Å². The molecule has 22 heavy (non-hydrogen) atoms. The van der Waals surface area contributed by atoms with E-state index in [1.54, 1.807) is 7.11 Å². The summed E-state index contributed by atoms with van der Waals surface area (Å²) < 4.78 is 11.3. The van der Waals surface area contributed by atoms with E-state index in [0.29, 0.717) is 5.02 Å². The van der Waals surface area contributed by atoms with Gasteiger partial charge in [0.05, 0.1) is 7.11 Å². The minimum Gasteiger partial charge on any atom is -0.496 e. The lowest BCUT2D eigenvalue weighted by atomic mass is 10.1. The Bertz CT molecular complexity index is 788. The molecule has 0 saturated carbocycles. The van der Waals surface area contributed by atoms with Gasteiger partial charge in [-0.05, 0) is 24.3 Å². The quantitative estimate of drug-likeness (QED) is 0.573. The number of halogens is 1. The maximum Gasteiger partial charge on any atom is 0.134 e. The minimum atomic E-state index is 0.688. The summed E-state index contributed by atoms with van der Waals surface area (Å²) in [5, 5.41) is 0.688. The summed E-state index contributed by atoms with van der Waals surface area (Å²) in [6.07, 6.45) is 1.88. The lowest BCUT2D eigenvalue weighted by molar-refractivity contribution is 0.372. The van der Waals surface area contributed by atoms with Crippen LogP contribution < -0.4 is 0 Å². The van der Waals surface area contributed by atoms with E-state index >= 15 is 0 Å². The molecule has 0 aliphatic rings. The molecule has 0 saturated heterocycles. The lowest BCUT2D eigenvalue weighted by Gasteiger charge is -2.05. The molecule has 0 unspecified atom stereocenters. The van der Waals surface area contributed by atoms with Gasteiger partial charge in [0.25, 0.3) is 0 Å². The van der Waals surface area contributed by atoms with Crippen LogP contribution >= 0.6 is 11.6 Å². The maximum absolute atomic E-state index is 6.01. The second-order valence-corrected chi connectivity index (χ2v) is 5.23. The van der Waals surface area contributed by atoms with Crippen molar-refractivity contribution in [2.45, 2.75) is 0 Å². The number of methoxy groups -OCH3 is 1. The average molecular weight is 311 g/mol. The minimum absolute atomic E-state index is 0.688. The van der Waals surface area contributed by atoms with Crippen molar-refractivity contribution in [2.24, 2.45) is 0 Å². The molecule has 2 aromatic carbocycles. The van der Waals surface area contributed by atoms with Crippen molar-refractivity contribution < 1.29 is 9.15 Å². The highest BCUT2D eigenvalue weighted by molar-refractivity contribution is 6.30. The Balaban J connectivity index is 1.92. The van der Waals surface area contributed by atoms with Gasteiger partial charge in [0.2, 0.25) is 0 Å². The van der Waals surface area contributed by atoms with Crippen LogP contribution in [0.2, 0.25) is 5.02 Å². The SMILES string of the molecule is CO/C(=C\c1ccc(-c2cccc(Cl)c2)o1)c1ccccc1. The first-order chi connectivity index (χ1) is 10.8. The predicted molar refractivity (Wildman–Crippen MR) is 90.5 cm³/mol. The van der Waals surface area contributed by atoms with E-state index in [0.717, 1.165) is 28.4 Å². The van der Waals surface area contributed by atoms with Gasteiger partial charge < -0.3 is 9.15 Å². The molecular weight excluding hydrogens is 296 g/mol. The third-order valence-corrected chi connectivity index (χ3v) is 3.52. The third kappa shape index (κ3) is 3.23. The molecule has 110 valence electrons. The number of ether oxygens (including phenoxy) is 1. The van der Waals surface area contributed by atoms with E-state index in [1.807, 2.05) is 72.8 Å².